The second kappa shape index (κ2) is 3.53. The number of carbonyl (C=O) groups is 1. The number of aromatic nitrogens is 2. The summed E-state index contributed by atoms with van der Waals surface area (Å²) in [7, 11) is -1.70. The maximum Gasteiger partial charge on any atom is 0.216 e. The number of ketones is 1. The van der Waals surface area contributed by atoms with Crippen LogP contribution < -0.4 is 0 Å². The molecular weight excluding hydrogens is 204 g/mol. The summed E-state index contributed by atoms with van der Waals surface area (Å²) in [5, 5.41) is -1.04. The second-order valence-electron chi connectivity index (χ2n) is 3.20. The highest BCUT2D eigenvalue weighted by molar-refractivity contribution is 7.92. The fraction of sp³-hybridized carbons (Fsp3) is 0.500. The minimum absolute atomic E-state index is 0.169. The number of sulfone groups is 1. The maximum atomic E-state index is 11.6. The van der Waals surface area contributed by atoms with Crippen molar-refractivity contribution in [1.82, 2.24) is 9.55 Å². The molecule has 0 saturated heterocycles. The molecule has 0 aliphatic rings. The van der Waals surface area contributed by atoms with E-state index in [4.69, 9.17) is 0 Å². The number of hydrogen-bond acceptors (Lipinski definition) is 4. The van der Waals surface area contributed by atoms with E-state index in [0.29, 0.717) is 0 Å². The monoisotopic (exact) mass is 216 g/mol. The fourth-order valence-corrected chi connectivity index (χ4v) is 1.47. The van der Waals surface area contributed by atoms with Crippen LogP contribution in [0.1, 0.15) is 17.5 Å². The summed E-state index contributed by atoms with van der Waals surface area (Å²) in [5.74, 6) is -0.303. The molecular formula is C8H12N2O3S. The van der Waals surface area contributed by atoms with Gasteiger partial charge in [0.25, 0.3) is 0 Å². The fourth-order valence-electron chi connectivity index (χ4n) is 0.979. The molecule has 0 spiro atoms. The maximum absolute atomic E-state index is 11.6. The third-order valence-electron chi connectivity index (χ3n) is 2.05. The van der Waals surface area contributed by atoms with Crippen molar-refractivity contribution in [3.05, 3.63) is 18.2 Å². The Bertz CT molecular complexity index is 447. The lowest BCUT2D eigenvalue weighted by Crippen LogP contribution is -2.28. The van der Waals surface area contributed by atoms with E-state index in [1.54, 1.807) is 13.2 Å². The molecule has 1 aromatic rings. The zero-order valence-corrected chi connectivity index (χ0v) is 9.08. The zero-order valence-electron chi connectivity index (χ0n) is 8.26. The van der Waals surface area contributed by atoms with Gasteiger partial charge in [0, 0.05) is 25.7 Å². The van der Waals surface area contributed by atoms with Crippen LogP contribution >= 0.6 is 0 Å². The summed E-state index contributed by atoms with van der Waals surface area (Å²) in [4.78, 5) is 15.4. The lowest BCUT2D eigenvalue weighted by Gasteiger charge is -2.07. The Hall–Kier alpha value is -1.17. The number of hydrogen-bond donors (Lipinski definition) is 0. The van der Waals surface area contributed by atoms with Crippen LogP contribution in [0.2, 0.25) is 0 Å². The van der Waals surface area contributed by atoms with Gasteiger partial charge in [-0.1, -0.05) is 0 Å². The molecule has 0 aliphatic carbocycles. The van der Waals surface area contributed by atoms with Crippen LogP contribution in [0, 0.1) is 0 Å². The molecule has 0 N–H and O–H groups in total. The number of imidazole rings is 1. The van der Waals surface area contributed by atoms with Gasteiger partial charge >= 0.3 is 0 Å². The molecule has 6 heteroatoms. The average Bonchev–Trinajstić information content (AvgIpc) is 2.47. The molecule has 1 rings (SSSR count). The summed E-state index contributed by atoms with van der Waals surface area (Å²) in [6.45, 7) is 1.37. The Morgan fingerprint density at radius 1 is 1.57 bits per heavy atom. The van der Waals surface area contributed by atoms with Crippen molar-refractivity contribution >= 4 is 15.6 Å². The molecule has 1 atom stereocenters. The molecule has 0 radical (unpaired) electrons. The third kappa shape index (κ3) is 2.01. The number of carbonyl (C=O) groups excluding carboxylic acids is 1. The molecule has 0 amide bonds. The van der Waals surface area contributed by atoms with Gasteiger partial charge in [0.2, 0.25) is 5.78 Å². The first kappa shape index (κ1) is 10.9. The van der Waals surface area contributed by atoms with E-state index in [0.717, 1.165) is 6.26 Å². The molecule has 1 unspecified atom stereocenters. The van der Waals surface area contributed by atoms with Gasteiger partial charge in [0.15, 0.2) is 15.7 Å². The van der Waals surface area contributed by atoms with E-state index in [-0.39, 0.29) is 5.82 Å². The van der Waals surface area contributed by atoms with E-state index >= 15 is 0 Å². The summed E-state index contributed by atoms with van der Waals surface area (Å²) in [6, 6.07) is 0. The largest absolute Gasteiger partial charge is 0.332 e. The Balaban J connectivity index is 3.04. The van der Waals surface area contributed by atoms with Crippen LogP contribution in [0.25, 0.3) is 0 Å². The standard InChI is InChI=1S/C8H12N2O3S/c1-6(14(3,12)13)7(11)8-9-4-5-10(8)2/h4-6H,1-3H3. The van der Waals surface area contributed by atoms with E-state index < -0.39 is 20.9 Å². The van der Waals surface area contributed by atoms with E-state index in [2.05, 4.69) is 4.98 Å². The van der Waals surface area contributed by atoms with Crippen molar-refractivity contribution in [2.75, 3.05) is 6.26 Å². The Kier molecular flexibility index (Phi) is 2.75. The lowest BCUT2D eigenvalue weighted by molar-refractivity contribution is 0.0979. The molecule has 5 nitrogen and oxygen atoms in total. The molecule has 0 aromatic carbocycles. The number of aryl methyl sites for hydroxylation is 1. The van der Waals surface area contributed by atoms with Gasteiger partial charge in [-0.05, 0) is 6.92 Å². The Labute approximate surface area is 82.7 Å². The predicted molar refractivity (Wildman–Crippen MR) is 51.8 cm³/mol. The number of nitrogens with zero attached hydrogens (tertiary/aromatic N) is 2. The van der Waals surface area contributed by atoms with Crippen LogP contribution in [0.3, 0.4) is 0 Å². The van der Waals surface area contributed by atoms with Crippen molar-refractivity contribution in [3.8, 4) is 0 Å². The van der Waals surface area contributed by atoms with Crippen molar-refractivity contribution in [1.29, 1.82) is 0 Å². The molecule has 0 aliphatic heterocycles. The molecule has 1 heterocycles. The molecule has 78 valence electrons. The lowest BCUT2D eigenvalue weighted by atomic mass is 10.3. The van der Waals surface area contributed by atoms with Gasteiger partial charge in [-0.2, -0.15) is 0 Å². The highest BCUT2D eigenvalue weighted by atomic mass is 32.2. The normalized spacial score (nSPS) is 13.9. The molecule has 0 fully saturated rings. The van der Waals surface area contributed by atoms with Crippen LogP contribution in [0.4, 0.5) is 0 Å². The van der Waals surface area contributed by atoms with Gasteiger partial charge in [-0.25, -0.2) is 13.4 Å². The summed E-state index contributed by atoms with van der Waals surface area (Å²) in [5.41, 5.74) is 0. The summed E-state index contributed by atoms with van der Waals surface area (Å²) < 4.78 is 23.7. The summed E-state index contributed by atoms with van der Waals surface area (Å²) in [6.07, 6.45) is 4.10. The van der Waals surface area contributed by atoms with Crippen molar-refractivity contribution in [2.45, 2.75) is 12.2 Å². The Morgan fingerprint density at radius 3 is 2.50 bits per heavy atom. The first-order chi connectivity index (χ1) is 6.34. The SMILES string of the molecule is CC(C(=O)c1nccn1C)S(C)(=O)=O. The quantitative estimate of drug-likeness (QED) is 0.669. The van der Waals surface area contributed by atoms with Gasteiger partial charge in [0.05, 0.1) is 0 Å². The van der Waals surface area contributed by atoms with E-state index in [1.807, 2.05) is 0 Å². The Morgan fingerprint density at radius 2 is 2.14 bits per heavy atom. The first-order valence-electron chi connectivity index (χ1n) is 4.04. The average molecular weight is 216 g/mol. The number of Topliss-reactive ketones (excluding diaryl/α,β-unsaturated/α-hetero) is 1. The highest BCUT2D eigenvalue weighted by Crippen LogP contribution is 2.06. The van der Waals surface area contributed by atoms with E-state index in [1.165, 1.54) is 17.7 Å². The van der Waals surface area contributed by atoms with Crippen LogP contribution in [-0.4, -0.2) is 35.3 Å². The molecule has 0 bridgehead atoms. The topological polar surface area (TPSA) is 69.0 Å². The molecule has 0 saturated carbocycles. The van der Waals surface area contributed by atoms with Crippen molar-refractivity contribution < 1.29 is 13.2 Å². The highest BCUT2D eigenvalue weighted by Gasteiger charge is 2.27. The number of rotatable bonds is 3. The van der Waals surface area contributed by atoms with Gasteiger partial charge in [-0.3, -0.25) is 4.79 Å². The van der Waals surface area contributed by atoms with Crippen LogP contribution in [-0.2, 0) is 16.9 Å². The zero-order chi connectivity index (χ0) is 10.9. The molecule has 14 heavy (non-hydrogen) atoms. The van der Waals surface area contributed by atoms with Crippen LogP contribution in [0.5, 0.6) is 0 Å². The second-order valence-corrected chi connectivity index (χ2v) is 5.56. The minimum atomic E-state index is -3.35. The van der Waals surface area contributed by atoms with Crippen molar-refractivity contribution in [2.24, 2.45) is 7.05 Å². The smallest absolute Gasteiger partial charge is 0.216 e. The van der Waals surface area contributed by atoms with E-state index in [9.17, 15) is 13.2 Å². The predicted octanol–water partition coefficient (Wildman–Crippen LogP) is 0.0359. The van der Waals surface area contributed by atoms with Crippen molar-refractivity contribution in [3.63, 3.8) is 0 Å². The van der Waals surface area contributed by atoms with Gasteiger partial charge in [-0.15, -0.1) is 0 Å². The van der Waals surface area contributed by atoms with Crippen LogP contribution in [0.15, 0.2) is 12.4 Å². The first-order valence-corrected chi connectivity index (χ1v) is 6.00. The summed E-state index contributed by atoms with van der Waals surface area (Å²) >= 11 is 0. The van der Waals surface area contributed by atoms with Gasteiger partial charge in [0.1, 0.15) is 5.25 Å². The minimum Gasteiger partial charge on any atom is -0.332 e. The van der Waals surface area contributed by atoms with Gasteiger partial charge < -0.3 is 4.57 Å². The molecule has 1 aromatic heterocycles. The third-order valence-corrected chi connectivity index (χ3v) is 3.55.